The van der Waals surface area contributed by atoms with Gasteiger partial charge < -0.3 is 10.1 Å². The van der Waals surface area contributed by atoms with Gasteiger partial charge in [-0.3, -0.25) is 0 Å². The van der Waals surface area contributed by atoms with E-state index < -0.39 is 0 Å². The lowest BCUT2D eigenvalue weighted by Gasteiger charge is -2.24. The van der Waals surface area contributed by atoms with Gasteiger partial charge in [0.25, 0.3) is 0 Å². The van der Waals surface area contributed by atoms with Crippen LogP contribution < -0.4 is 5.32 Å². The van der Waals surface area contributed by atoms with Gasteiger partial charge in [0.15, 0.2) is 0 Å². The molecule has 1 aliphatic rings. The number of morpholine rings is 1. The lowest BCUT2D eigenvalue weighted by Crippen LogP contribution is -2.34. The summed E-state index contributed by atoms with van der Waals surface area (Å²) in [5, 5.41) is 3.43. The molecule has 0 saturated carbocycles. The monoisotopic (exact) mass is 289 g/mol. The van der Waals surface area contributed by atoms with Crippen molar-refractivity contribution in [3.8, 4) is 0 Å². The number of benzene rings is 1. The molecule has 0 aromatic heterocycles. The molecule has 1 atom stereocenters. The Bertz CT molecular complexity index is 267. The van der Waals surface area contributed by atoms with Crippen LogP contribution in [0, 0.1) is 3.57 Å². The molecule has 1 fully saturated rings. The molecular weight excluding hydrogens is 277 g/mol. The Labute approximate surface area is 91.8 Å². The van der Waals surface area contributed by atoms with Gasteiger partial charge in [0.1, 0.15) is 0 Å². The maximum Gasteiger partial charge on any atom is 0.0662 e. The van der Waals surface area contributed by atoms with E-state index in [0.717, 1.165) is 19.8 Å². The van der Waals surface area contributed by atoms with Crippen molar-refractivity contribution < 1.29 is 4.74 Å². The fraction of sp³-hybridized carbons (Fsp3) is 0.400. The van der Waals surface area contributed by atoms with Crippen LogP contribution in [0.25, 0.3) is 0 Å². The Morgan fingerprint density at radius 3 is 2.69 bits per heavy atom. The largest absolute Gasteiger partial charge is 0.378 e. The molecule has 1 aromatic rings. The van der Waals surface area contributed by atoms with Crippen molar-refractivity contribution in [1.29, 1.82) is 0 Å². The Morgan fingerprint density at radius 2 is 2.08 bits per heavy atom. The SMILES string of the molecule is Ic1ccc([C@@H]2COCCN2)cc1. The van der Waals surface area contributed by atoms with E-state index in [1.54, 1.807) is 0 Å². The first-order valence-electron chi connectivity index (χ1n) is 4.43. The number of nitrogens with one attached hydrogen (secondary N) is 1. The minimum absolute atomic E-state index is 0.380. The van der Waals surface area contributed by atoms with Crippen molar-refractivity contribution in [3.63, 3.8) is 0 Å². The maximum absolute atomic E-state index is 5.40. The maximum atomic E-state index is 5.40. The second-order valence-corrected chi connectivity index (χ2v) is 4.38. The van der Waals surface area contributed by atoms with Gasteiger partial charge in [-0.15, -0.1) is 0 Å². The Hall–Kier alpha value is -0.130. The minimum Gasteiger partial charge on any atom is -0.378 e. The highest BCUT2D eigenvalue weighted by Crippen LogP contribution is 2.16. The summed E-state index contributed by atoms with van der Waals surface area (Å²) in [6.07, 6.45) is 0. The highest BCUT2D eigenvalue weighted by molar-refractivity contribution is 14.1. The lowest BCUT2D eigenvalue weighted by atomic mass is 10.1. The Morgan fingerprint density at radius 1 is 1.31 bits per heavy atom. The molecule has 13 heavy (non-hydrogen) atoms. The van der Waals surface area contributed by atoms with E-state index in [1.165, 1.54) is 9.13 Å². The van der Waals surface area contributed by atoms with Gasteiger partial charge in [0.2, 0.25) is 0 Å². The number of halogens is 1. The van der Waals surface area contributed by atoms with Gasteiger partial charge in [0.05, 0.1) is 19.3 Å². The molecular formula is C10H12INO. The normalized spacial score (nSPS) is 23.0. The Kier molecular flexibility index (Phi) is 3.18. The zero-order valence-corrected chi connectivity index (χ0v) is 9.45. The molecule has 1 heterocycles. The molecule has 2 nitrogen and oxygen atoms in total. The van der Waals surface area contributed by atoms with Crippen molar-refractivity contribution >= 4 is 22.6 Å². The molecule has 1 aliphatic heterocycles. The molecule has 3 heteroatoms. The third-order valence-electron chi connectivity index (χ3n) is 2.19. The predicted molar refractivity (Wildman–Crippen MR) is 60.7 cm³/mol. The van der Waals surface area contributed by atoms with Crippen LogP contribution in [0.4, 0.5) is 0 Å². The third kappa shape index (κ3) is 2.42. The van der Waals surface area contributed by atoms with Crippen LogP contribution in [-0.2, 0) is 4.74 Å². The van der Waals surface area contributed by atoms with Crippen LogP contribution in [0.15, 0.2) is 24.3 Å². The van der Waals surface area contributed by atoms with Crippen molar-refractivity contribution in [2.75, 3.05) is 19.8 Å². The zero-order valence-electron chi connectivity index (χ0n) is 7.29. The van der Waals surface area contributed by atoms with E-state index in [0.29, 0.717) is 6.04 Å². The van der Waals surface area contributed by atoms with E-state index in [-0.39, 0.29) is 0 Å². The molecule has 0 unspecified atom stereocenters. The molecule has 0 aliphatic carbocycles. The summed E-state index contributed by atoms with van der Waals surface area (Å²) in [6, 6.07) is 8.96. The minimum atomic E-state index is 0.380. The highest BCUT2D eigenvalue weighted by Gasteiger charge is 2.14. The van der Waals surface area contributed by atoms with Crippen molar-refractivity contribution in [2.24, 2.45) is 0 Å². The van der Waals surface area contributed by atoms with E-state index in [4.69, 9.17) is 4.74 Å². The first-order chi connectivity index (χ1) is 6.36. The summed E-state index contributed by atoms with van der Waals surface area (Å²) in [6.45, 7) is 2.58. The second-order valence-electron chi connectivity index (χ2n) is 3.13. The van der Waals surface area contributed by atoms with Crippen LogP contribution in [0.1, 0.15) is 11.6 Å². The molecule has 0 amide bonds. The predicted octanol–water partition coefficient (Wildman–Crippen LogP) is 1.95. The number of hydrogen-bond donors (Lipinski definition) is 1. The number of rotatable bonds is 1. The van der Waals surface area contributed by atoms with Crippen LogP contribution in [-0.4, -0.2) is 19.8 Å². The Balaban J connectivity index is 2.10. The highest BCUT2D eigenvalue weighted by atomic mass is 127. The average molecular weight is 289 g/mol. The third-order valence-corrected chi connectivity index (χ3v) is 2.91. The van der Waals surface area contributed by atoms with Gasteiger partial charge in [0, 0.05) is 10.1 Å². The van der Waals surface area contributed by atoms with E-state index in [1.807, 2.05) is 0 Å². The van der Waals surface area contributed by atoms with Crippen molar-refractivity contribution in [2.45, 2.75) is 6.04 Å². The molecule has 0 bridgehead atoms. The van der Waals surface area contributed by atoms with Gasteiger partial charge in [-0.05, 0) is 40.3 Å². The zero-order chi connectivity index (χ0) is 9.10. The standard InChI is InChI=1S/C10H12INO/c11-9-3-1-8(2-4-9)10-7-13-6-5-12-10/h1-4,10,12H,5-7H2/t10-/m0/s1. The fourth-order valence-corrected chi connectivity index (χ4v) is 1.83. The summed E-state index contributed by atoms with van der Waals surface area (Å²) >= 11 is 2.32. The van der Waals surface area contributed by atoms with Gasteiger partial charge in [-0.2, -0.15) is 0 Å². The molecule has 0 radical (unpaired) electrons. The molecule has 1 N–H and O–H groups in total. The van der Waals surface area contributed by atoms with Crippen LogP contribution in [0.5, 0.6) is 0 Å². The van der Waals surface area contributed by atoms with Crippen molar-refractivity contribution in [3.05, 3.63) is 33.4 Å². The molecule has 70 valence electrons. The smallest absolute Gasteiger partial charge is 0.0662 e. The van der Waals surface area contributed by atoms with E-state index in [9.17, 15) is 0 Å². The average Bonchev–Trinajstić information content (AvgIpc) is 2.20. The summed E-state index contributed by atoms with van der Waals surface area (Å²) in [5.74, 6) is 0. The molecule has 1 aromatic carbocycles. The first-order valence-corrected chi connectivity index (χ1v) is 5.51. The summed E-state index contributed by atoms with van der Waals surface area (Å²) in [5.41, 5.74) is 1.32. The van der Waals surface area contributed by atoms with Crippen LogP contribution >= 0.6 is 22.6 Å². The fourth-order valence-electron chi connectivity index (χ4n) is 1.47. The van der Waals surface area contributed by atoms with Gasteiger partial charge in [-0.1, -0.05) is 12.1 Å². The topological polar surface area (TPSA) is 21.3 Å². The van der Waals surface area contributed by atoms with Crippen LogP contribution in [0.2, 0.25) is 0 Å². The lowest BCUT2D eigenvalue weighted by molar-refractivity contribution is 0.0769. The quantitative estimate of drug-likeness (QED) is 0.798. The number of hydrogen-bond acceptors (Lipinski definition) is 2. The summed E-state index contributed by atoms with van der Waals surface area (Å²) < 4.78 is 6.68. The first kappa shape index (κ1) is 9.43. The van der Waals surface area contributed by atoms with Gasteiger partial charge in [-0.25, -0.2) is 0 Å². The molecule has 1 saturated heterocycles. The van der Waals surface area contributed by atoms with Crippen molar-refractivity contribution in [1.82, 2.24) is 5.32 Å². The second kappa shape index (κ2) is 4.39. The number of ether oxygens (including phenoxy) is 1. The van der Waals surface area contributed by atoms with Gasteiger partial charge >= 0.3 is 0 Å². The summed E-state index contributed by atoms with van der Waals surface area (Å²) in [7, 11) is 0. The molecule has 2 rings (SSSR count). The summed E-state index contributed by atoms with van der Waals surface area (Å²) in [4.78, 5) is 0. The van der Waals surface area contributed by atoms with E-state index in [2.05, 4.69) is 52.2 Å². The van der Waals surface area contributed by atoms with Crippen LogP contribution in [0.3, 0.4) is 0 Å². The van der Waals surface area contributed by atoms with E-state index >= 15 is 0 Å². The molecule has 0 spiro atoms.